The van der Waals surface area contributed by atoms with Crippen molar-refractivity contribution in [3.63, 3.8) is 0 Å². The Morgan fingerprint density at radius 3 is 2.29 bits per heavy atom. The third-order valence-corrected chi connectivity index (χ3v) is 2.33. The van der Waals surface area contributed by atoms with Gasteiger partial charge in [0.05, 0.1) is 13.2 Å². The van der Waals surface area contributed by atoms with Crippen LogP contribution in [0.1, 0.15) is 20.8 Å². The molecule has 0 bridgehead atoms. The van der Waals surface area contributed by atoms with E-state index < -0.39 is 6.10 Å². The summed E-state index contributed by atoms with van der Waals surface area (Å²) in [6.07, 6.45) is -1.34. The van der Waals surface area contributed by atoms with Crippen molar-refractivity contribution >= 4 is 5.97 Å². The van der Waals surface area contributed by atoms with Crippen LogP contribution in [0.3, 0.4) is 0 Å². The maximum absolute atomic E-state index is 11.6. The first-order valence-corrected chi connectivity index (χ1v) is 5.64. The maximum Gasteiger partial charge on any atom is 0.338 e. The molecule has 0 radical (unpaired) electrons. The van der Waals surface area contributed by atoms with Crippen LogP contribution in [-0.2, 0) is 19.0 Å². The smallest absolute Gasteiger partial charge is 0.338 e. The van der Waals surface area contributed by atoms with E-state index in [2.05, 4.69) is 13.2 Å². The Bertz CT molecular complexity index is 321. The highest BCUT2D eigenvalue weighted by atomic mass is 16.6. The summed E-state index contributed by atoms with van der Waals surface area (Å²) < 4.78 is 16.2. The van der Waals surface area contributed by atoms with Gasteiger partial charge in [0.1, 0.15) is 12.2 Å². The first-order chi connectivity index (χ1) is 7.91. The van der Waals surface area contributed by atoms with Crippen LogP contribution in [0.25, 0.3) is 0 Å². The number of cyclic esters (lactones) is 1. The summed E-state index contributed by atoms with van der Waals surface area (Å²) in [5, 5.41) is 0. The third-order valence-electron chi connectivity index (χ3n) is 2.33. The molecule has 4 nitrogen and oxygen atoms in total. The molecule has 1 aliphatic heterocycles. The minimum absolute atomic E-state index is 0.294. The summed E-state index contributed by atoms with van der Waals surface area (Å²) in [6, 6.07) is 0. The van der Waals surface area contributed by atoms with Gasteiger partial charge in [0.2, 0.25) is 0 Å². The number of esters is 1. The predicted octanol–water partition coefficient (Wildman–Crippen LogP) is 1.85. The lowest BCUT2D eigenvalue weighted by atomic mass is 10.1. The van der Waals surface area contributed by atoms with Gasteiger partial charge in [-0.3, -0.25) is 0 Å². The molecule has 17 heavy (non-hydrogen) atoms. The third kappa shape index (κ3) is 3.98. The van der Waals surface area contributed by atoms with E-state index in [4.69, 9.17) is 14.2 Å². The molecule has 1 aliphatic rings. The molecule has 0 saturated carbocycles. The molecule has 0 unspecified atom stereocenters. The normalized spacial score (nSPS) is 27.9. The lowest BCUT2D eigenvalue weighted by molar-refractivity contribution is -0.149. The average Bonchev–Trinajstić information content (AvgIpc) is 2.47. The van der Waals surface area contributed by atoms with Crippen molar-refractivity contribution in [3.05, 3.63) is 24.3 Å². The fourth-order valence-corrected chi connectivity index (χ4v) is 1.55. The molecular weight excluding hydrogens is 220 g/mol. The molecule has 0 amide bonds. The SMILES string of the molecule is C=C(C)CO[C@H]1[C@H](C)OC(=O)[C@@H]1OCC(=C)C. The van der Waals surface area contributed by atoms with Crippen LogP contribution in [0, 0.1) is 0 Å². The van der Waals surface area contributed by atoms with Crippen molar-refractivity contribution in [2.75, 3.05) is 13.2 Å². The van der Waals surface area contributed by atoms with Crippen LogP contribution >= 0.6 is 0 Å². The van der Waals surface area contributed by atoms with E-state index in [0.717, 1.165) is 11.1 Å². The monoisotopic (exact) mass is 240 g/mol. The topological polar surface area (TPSA) is 44.8 Å². The summed E-state index contributed by atoms with van der Waals surface area (Å²) in [4.78, 5) is 11.6. The largest absolute Gasteiger partial charge is 0.458 e. The van der Waals surface area contributed by atoms with Gasteiger partial charge >= 0.3 is 5.97 Å². The zero-order valence-electron chi connectivity index (χ0n) is 10.7. The molecule has 0 N–H and O–H groups in total. The van der Waals surface area contributed by atoms with Crippen LogP contribution in [0.4, 0.5) is 0 Å². The zero-order chi connectivity index (χ0) is 13.0. The second-order valence-corrected chi connectivity index (χ2v) is 4.56. The van der Waals surface area contributed by atoms with E-state index in [1.54, 1.807) is 6.92 Å². The number of ether oxygens (including phenoxy) is 3. The maximum atomic E-state index is 11.6. The fourth-order valence-electron chi connectivity index (χ4n) is 1.55. The van der Waals surface area contributed by atoms with E-state index in [0.29, 0.717) is 13.2 Å². The molecule has 0 spiro atoms. The first kappa shape index (κ1) is 13.9. The molecule has 96 valence electrons. The van der Waals surface area contributed by atoms with Crippen LogP contribution in [0.5, 0.6) is 0 Å². The molecule has 0 aromatic rings. The van der Waals surface area contributed by atoms with E-state index in [1.807, 2.05) is 13.8 Å². The van der Waals surface area contributed by atoms with Gasteiger partial charge < -0.3 is 14.2 Å². The molecule has 4 heteroatoms. The molecule has 0 aromatic carbocycles. The van der Waals surface area contributed by atoms with Gasteiger partial charge in [-0.1, -0.05) is 24.3 Å². The van der Waals surface area contributed by atoms with E-state index in [9.17, 15) is 4.79 Å². The Morgan fingerprint density at radius 2 is 1.76 bits per heavy atom. The van der Waals surface area contributed by atoms with E-state index in [1.165, 1.54) is 0 Å². The molecule has 0 aliphatic carbocycles. The van der Waals surface area contributed by atoms with Crippen LogP contribution in [0.15, 0.2) is 24.3 Å². The minimum atomic E-state index is -0.666. The lowest BCUT2D eigenvalue weighted by Crippen LogP contribution is -2.36. The van der Waals surface area contributed by atoms with Crippen LogP contribution < -0.4 is 0 Å². The number of hydrogen-bond donors (Lipinski definition) is 0. The van der Waals surface area contributed by atoms with E-state index in [-0.39, 0.29) is 18.2 Å². The standard InChI is InChI=1S/C13H20O4/c1-8(2)6-15-11-10(5)17-13(14)12(11)16-7-9(3)4/h10-12H,1,3,6-7H2,2,4-5H3/t10-,11-,12+/m0/s1. The van der Waals surface area contributed by atoms with Crippen LogP contribution in [0.2, 0.25) is 0 Å². The van der Waals surface area contributed by atoms with Crippen molar-refractivity contribution in [2.24, 2.45) is 0 Å². The van der Waals surface area contributed by atoms with Crippen molar-refractivity contribution in [1.29, 1.82) is 0 Å². The Balaban J connectivity index is 2.59. The second-order valence-electron chi connectivity index (χ2n) is 4.56. The van der Waals surface area contributed by atoms with Crippen LogP contribution in [-0.4, -0.2) is 37.5 Å². The van der Waals surface area contributed by atoms with Crippen molar-refractivity contribution in [1.82, 2.24) is 0 Å². The zero-order valence-corrected chi connectivity index (χ0v) is 10.7. The quantitative estimate of drug-likeness (QED) is 0.525. The first-order valence-electron chi connectivity index (χ1n) is 5.64. The summed E-state index contributed by atoms with van der Waals surface area (Å²) in [7, 11) is 0. The highest BCUT2D eigenvalue weighted by molar-refractivity contribution is 5.78. The van der Waals surface area contributed by atoms with E-state index >= 15 is 0 Å². The molecule has 1 fully saturated rings. The Labute approximate surface area is 102 Å². The molecule has 1 rings (SSSR count). The summed E-state index contributed by atoms with van der Waals surface area (Å²) in [5.41, 5.74) is 1.76. The Morgan fingerprint density at radius 1 is 1.24 bits per heavy atom. The highest BCUT2D eigenvalue weighted by Crippen LogP contribution is 2.22. The average molecular weight is 240 g/mol. The number of carbonyl (C=O) groups is 1. The van der Waals surface area contributed by atoms with Gasteiger partial charge in [-0.05, 0) is 20.8 Å². The highest BCUT2D eigenvalue weighted by Gasteiger charge is 2.44. The summed E-state index contributed by atoms with van der Waals surface area (Å²) in [6.45, 7) is 13.7. The minimum Gasteiger partial charge on any atom is -0.458 e. The molecule has 3 atom stereocenters. The Hall–Kier alpha value is -1.13. The number of rotatable bonds is 6. The van der Waals surface area contributed by atoms with Crippen molar-refractivity contribution in [2.45, 2.75) is 39.1 Å². The summed E-state index contributed by atoms with van der Waals surface area (Å²) >= 11 is 0. The predicted molar refractivity (Wildman–Crippen MR) is 64.7 cm³/mol. The van der Waals surface area contributed by atoms with Gasteiger partial charge in [0.15, 0.2) is 6.10 Å². The number of carbonyl (C=O) groups excluding carboxylic acids is 1. The van der Waals surface area contributed by atoms with Gasteiger partial charge in [-0.15, -0.1) is 0 Å². The van der Waals surface area contributed by atoms with Gasteiger partial charge in [-0.25, -0.2) is 4.79 Å². The second kappa shape index (κ2) is 5.98. The molecule has 1 heterocycles. The molecule has 1 saturated heterocycles. The Kier molecular flexibility index (Phi) is 4.90. The number of hydrogen-bond acceptors (Lipinski definition) is 4. The molecular formula is C13H20O4. The van der Waals surface area contributed by atoms with Gasteiger partial charge in [0, 0.05) is 0 Å². The summed E-state index contributed by atoms with van der Waals surface area (Å²) in [5.74, 6) is -0.370. The fraction of sp³-hybridized carbons (Fsp3) is 0.615. The van der Waals surface area contributed by atoms with Crippen molar-refractivity contribution < 1.29 is 19.0 Å². The van der Waals surface area contributed by atoms with Gasteiger partial charge in [0.25, 0.3) is 0 Å². The molecule has 0 aromatic heterocycles. The van der Waals surface area contributed by atoms with Gasteiger partial charge in [-0.2, -0.15) is 0 Å². The lowest BCUT2D eigenvalue weighted by Gasteiger charge is -2.19. The van der Waals surface area contributed by atoms with Crippen molar-refractivity contribution in [3.8, 4) is 0 Å².